The summed E-state index contributed by atoms with van der Waals surface area (Å²) in [7, 11) is -1.66. The first-order valence-electron chi connectivity index (χ1n) is 6.20. The van der Waals surface area contributed by atoms with E-state index in [9.17, 15) is 8.42 Å². The summed E-state index contributed by atoms with van der Waals surface area (Å²) in [5.41, 5.74) is 0. The van der Waals surface area contributed by atoms with Crippen LogP contribution in [-0.2, 0) is 20.6 Å². The Morgan fingerprint density at radius 1 is 1.47 bits per heavy atom. The van der Waals surface area contributed by atoms with Gasteiger partial charge in [0.1, 0.15) is 0 Å². The molecule has 0 aromatic carbocycles. The molecule has 0 radical (unpaired) electrons. The molecule has 1 aliphatic heterocycles. The predicted molar refractivity (Wildman–Crippen MR) is 77.2 cm³/mol. The average molecular weight is 324 g/mol. The Bertz CT molecular complexity index is 507. The Morgan fingerprint density at radius 3 is 2.68 bits per heavy atom. The number of methoxy groups -OCH3 is 1. The first kappa shape index (κ1) is 15.3. The molecule has 0 atom stereocenters. The Balaban J connectivity index is 2.05. The van der Waals surface area contributed by atoms with Crippen LogP contribution in [0.1, 0.15) is 17.7 Å². The topological polar surface area (TPSA) is 46.6 Å². The van der Waals surface area contributed by atoms with Crippen molar-refractivity contribution >= 4 is 33.0 Å². The minimum atomic E-state index is -3.35. The summed E-state index contributed by atoms with van der Waals surface area (Å²) in [5.74, 6) is 0.827. The number of sulfonamides is 1. The molecule has 0 aliphatic carbocycles. The fraction of sp³-hybridized carbons (Fsp3) is 0.667. The molecule has 19 heavy (non-hydrogen) atoms. The molecule has 0 spiro atoms. The third-order valence-corrected chi connectivity index (χ3v) is 6.78. The fourth-order valence-corrected chi connectivity index (χ4v) is 5.11. The molecular weight excluding hydrogens is 306 g/mol. The van der Waals surface area contributed by atoms with Crippen LogP contribution in [-0.4, -0.2) is 39.5 Å². The molecule has 1 aromatic rings. The molecule has 0 N–H and O–H groups in total. The third kappa shape index (κ3) is 3.49. The summed E-state index contributed by atoms with van der Waals surface area (Å²) in [6.45, 7) is 1.85. The molecule has 2 heterocycles. The molecule has 108 valence electrons. The molecule has 1 aliphatic rings. The van der Waals surface area contributed by atoms with E-state index >= 15 is 0 Å². The monoisotopic (exact) mass is 323 g/mol. The van der Waals surface area contributed by atoms with E-state index in [1.54, 1.807) is 22.9 Å². The second-order valence-corrected chi connectivity index (χ2v) is 7.89. The van der Waals surface area contributed by atoms with Gasteiger partial charge in [-0.25, -0.2) is 8.42 Å². The molecule has 2 rings (SSSR count). The minimum absolute atomic E-state index is 0.357. The quantitative estimate of drug-likeness (QED) is 0.782. The lowest BCUT2D eigenvalue weighted by atomic mass is 9.99. The van der Waals surface area contributed by atoms with Gasteiger partial charge in [0, 0.05) is 37.1 Å². The van der Waals surface area contributed by atoms with Crippen molar-refractivity contribution in [2.24, 2.45) is 5.92 Å². The fourth-order valence-electron chi connectivity index (χ4n) is 2.27. The number of halogens is 1. The van der Waals surface area contributed by atoms with E-state index in [2.05, 4.69) is 0 Å². The van der Waals surface area contributed by atoms with Gasteiger partial charge in [0.2, 0.25) is 10.0 Å². The Kier molecular flexibility index (Phi) is 5.25. The van der Waals surface area contributed by atoms with E-state index in [1.807, 2.05) is 0 Å². The molecule has 0 bridgehead atoms. The second-order valence-electron chi connectivity index (χ2n) is 4.69. The average Bonchev–Trinajstić information content (AvgIpc) is 2.89. The first-order valence-corrected chi connectivity index (χ1v) is 9.06. The van der Waals surface area contributed by atoms with Gasteiger partial charge in [-0.1, -0.05) is 0 Å². The molecule has 1 aromatic heterocycles. The highest BCUT2D eigenvalue weighted by Gasteiger charge is 2.29. The number of nitrogens with zero attached hydrogens (tertiary/aromatic N) is 1. The largest absolute Gasteiger partial charge is 0.384 e. The van der Waals surface area contributed by atoms with Crippen LogP contribution in [0.2, 0.25) is 0 Å². The predicted octanol–water partition coefficient (Wildman–Crippen LogP) is 2.53. The van der Waals surface area contributed by atoms with Crippen molar-refractivity contribution in [3.05, 3.63) is 16.3 Å². The summed E-state index contributed by atoms with van der Waals surface area (Å²) in [6, 6.07) is 1.67. The SMILES string of the molecule is COCC1CCN(S(=O)(=O)c2csc(CCl)c2)CC1. The summed E-state index contributed by atoms with van der Waals surface area (Å²) in [4.78, 5) is 1.26. The van der Waals surface area contributed by atoms with E-state index in [4.69, 9.17) is 16.3 Å². The lowest BCUT2D eigenvalue weighted by Gasteiger charge is -2.30. The van der Waals surface area contributed by atoms with Gasteiger partial charge in [0.15, 0.2) is 0 Å². The molecule has 1 saturated heterocycles. The lowest BCUT2D eigenvalue weighted by Crippen LogP contribution is -2.39. The van der Waals surface area contributed by atoms with Crippen LogP contribution in [0.4, 0.5) is 0 Å². The summed E-state index contributed by atoms with van der Waals surface area (Å²) in [6.07, 6.45) is 1.72. The van der Waals surface area contributed by atoms with E-state index in [1.165, 1.54) is 11.3 Å². The number of alkyl halides is 1. The number of rotatable bonds is 5. The number of piperidine rings is 1. The number of ether oxygens (including phenoxy) is 1. The minimum Gasteiger partial charge on any atom is -0.384 e. The van der Waals surface area contributed by atoms with Crippen molar-refractivity contribution in [2.75, 3.05) is 26.8 Å². The zero-order valence-electron chi connectivity index (χ0n) is 10.8. The van der Waals surface area contributed by atoms with E-state index in [-0.39, 0.29) is 0 Å². The van der Waals surface area contributed by atoms with Crippen molar-refractivity contribution in [2.45, 2.75) is 23.6 Å². The molecule has 0 saturated carbocycles. The van der Waals surface area contributed by atoms with Crippen molar-refractivity contribution in [3.8, 4) is 0 Å². The van der Waals surface area contributed by atoms with Crippen LogP contribution < -0.4 is 0 Å². The van der Waals surface area contributed by atoms with Gasteiger partial charge in [-0.05, 0) is 24.8 Å². The van der Waals surface area contributed by atoms with Crippen molar-refractivity contribution in [1.82, 2.24) is 4.31 Å². The Hall–Kier alpha value is -0.140. The zero-order chi connectivity index (χ0) is 13.9. The maximum absolute atomic E-state index is 12.4. The van der Waals surface area contributed by atoms with Crippen LogP contribution in [0, 0.1) is 5.92 Å². The molecule has 7 heteroatoms. The zero-order valence-corrected chi connectivity index (χ0v) is 13.2. The van der Waals surface area contributed by atoms with Gasteiger partial charge < -0.3 is 4.74 Å². The molecule has 0 unspecified atom stereocenters. The van der Waals surface area contributed by atoms with Gasteiger partial charge in [0.05, 0.1) is 10.8 Å². The smallest absolute Gasteiger partial charge is 0.243 e. The lowest BCUT2D eigenvalue weighted by molar-refractivity contribution is 0.121. The second kappa shape index (κ2) is 6.54. The van der Waals surface area contributed by atoms with Gasteiger partial charge >= 0.3 is 0 Å². The van der Waals surface area contributed by atoms with Crippen molar-refractivity contribution in [1.29, 1.82) is 0 Å². The van der Waals surface area contributed by atoms with Gasteiger partial charge in [-0.2, -0.15) is 4.31 Å². The molecule has 4 nitrogen and oxygen atoms in total. The number of hydrogen-bond donors (Lipinski definition) is 0. The molecule has 1 fully saturated rings. The van der Waals surface area contributed by atoms with Crippen LogP contribution in [0.3, 0.4) is 0 Å². The van der Waals surface area contributed by atoms with Crippen molar-refractivity contribution in [3.63, 3.8) is 0 Å². The standard InChI is InChI=1S/C12H18ClNO3S2/c1-17-8-10-2-4-14(5-3-10)19(15,16)12-6-11(7-13)18-9-12/h6,9-10H,2-5,7-8H2,1H3. The van der Waals surface area contributed by atoms with Gasteiger partial charge in [-0.15, -0.1) is 22.9 Å². The van der Waals surface area contributed by atoms with Crippen LogP contribution >= 0.6 is 22.9 Å². The number of hydrogen-bond acceptors (Lipinski definition) is 4. The summed E-state index contributed by atoms with van der Waals surface area (Å²) < 4.78 is 31.6. The highest BCUT2D eigenvalue weighted by atomic mass is 35.5. The van der Waals surface area contributed by atoms with Crippen LogP contribution in [0.5, 0.6) is 0 Å². The molecular formula is C12H18ClNO3S2. The maximum Gasteiger partial charge on any atom is 0.243 e. The highest BCUT2D eigenvalue weighted by Crippen LogP contribution is 2.27. The highest BCUT2D eigenvalue weighted by molar-refractivity contribution is 7.89. The van der Waals surface area contributed by atoms with Gasteiger partial charge in [-0.3, -0.25) is 0 Å². The molecule has 0 amide bonds. The van der Waals surface area contributed by atoms with Crippen molar-refractivity contribution < 1.29 is 13.2 Å². The van der Waals surface area contributed by atoms with E-state index < -0.39 is 10.0 Å². The first-order chi connectivity index (χ1) is 9.07. The Morgan fingerprint density at radius 2 is 2.16 bits per heavy atom. The van der Waals surface area contributed by atoms with Crippen LogP contribution in [0.15, 0.2) is 16.3 Å². The summed E-state index contributed by atoms with van der Waals surface area (Å²) >= 11 is 7.11. The third-order valence-electron chi connectivity index (χ3n) is 3.38. The Labute approximate surface area is 123 Å². The van der Waals surface area contributed by atoms with Crippen LogP contribution in [0.25, 0.3) is 0 Å². The maximum atomic E-state index is 12.4. The van der Waals surface area contributed by atoms with E-state index in [0.29, 0.717) is 36.4 Å². The van der Waals surface area contributed by atoms with Gasteiger partial charge in [0.25, 0.3) is 0 Å². The van der Waals surface area contributed by atoms with E-state index in [0.717, 1.165) is 17.7 Å². The normalized spacial score (nSPS) is 18.8. The number of thiophene rings is 1. The summed E-state index contributed by atoms with van der Waals surface area (Å²) in [5, 5.41) is 1.67.